The minimum absolute atomic E-state index is 0.188. The molecule has 0 saturated carbocycles. The third-order valence-electron chi connectivity index (χ3n) is 4.83. The molecule has 30 heavy (non-hydrogen) atoms. The molecule has 160 valence electrons. The van der Waals surface area contributed by atoms with E-state index in [-0.39, 0.29) is 13.2 Å². The van der Waals surface area contributed by atoms with E-state index in [4.69, 9.17) is 9.47 Å². The summed E-state index contributed by atoms with van der Waals surface area (Å²) in [5.41, 5.74) is 5.16. The Labute approximate surface area is 175 Å². The van der Waals surface area contributed by atoms with Crippen molar-refractivity contribution in [1.29, 1.82) is 0 Å². The van der Waals surface area contributed by atoms with Gasteiger partial charge in [-0.3, -0.25) is 4.79 Å². The van der Waals surface area contributed by atoms with E-state index in [9.17, 15) is 14.4 Å². The van der Waals surface area contributed by atoms with E-state index < -0.39 is 11.9 Å². The fraction of sp³-hybridized carbons (Fsp3) is 0.348. The van der Waals surface area contributed by atoms with Crippen LogP contribution in [0.2, 0.25) is 0 Å². The molecule has 2 rings (SSSR count). The molecule has 0 aliphatic carbocycles. The number of carbonyl (C=O) groups is 3. The van der Waals surface area contributed by atoms with Crippen LogP contribution in [0.1, 0.15) is 38.2 Å². The minimum atomic E-state index is -0.533. The molecule has 2 aromatic rings. The molecule has 0 fully saturated rings. The highest BCUT2D eigenvalue weighted by molar-refractivity contribution is 5.80. The van der Waals surface area contributed by atoms with Crippen LogP contribution in [-0.4, -0.2) is 45.7 Å². The van der Waals surface area contributed by atoms with Gasteiger partial charge in [0.15, 0.2) is 19.5 Å². The Morgan fingerprint density at radius 2 is 1.53 bits per heavy atom. The molecule has 7 heteroatoms. The summed E-state index contributed by atoms with van der Waals surface area (Å²) in [5, 5.41) is 0. The van der Waals surface area contributed by atoms with E-state index in [1.54, 1.807) is 12.1 Å². The third-order valence-corrected chi connectivity index (χ3v) is 4.83. The number of aldehydes is 1. The highest BCUT2D eigenvalue weighted by Crippen LogP contribution is 2.32. The molecule has 2 aromatic carbocycles. The highest BCUT2D eigenvalue weighted by atomic mass is 16.6. The van der Waals surface area contributed by atoms with Gasteiger partial charge in [-0.25, -0.2) is 9.59 Å². The molecule has 0 N–H and O–H groups in total. The summed E-state index contributed by atoms with van der Waals surface area (Å²) in [6, 6.07) is 7.18. The first kappa shape index (κ1) is 22.9. The molecule has 7 nitrogen and oxygen atoms in total. The highest BCUT2D eigenvalue weighted by Gasteiger charge is 2.16. The zero-order valence-electron chi connectivity index (χ0n) is 17.9. The number of hydrogen-bond acceptors (Lipinski definition) is 7. The van der Waals surface area contributed by atoms with Gasteiger partial charge in [0.05, 0.1) is 19.8 Å². The number of methoxy groups -OCH3 is 2. The van der Waals surface area contributed by atoms with Crippen molar-refractivity contribution in [3.05, 3.63) is 57.6 Å². The summed E-state index contributed by atoms with van der Waals surface area (Å²) in [4.78, 5) is 34.3. The second kappa shape index (κ2) is 10.4. The van der Waals surface area contributed by atoms with Gasteiger partial charge < -0.3 is 18.9 Å². The van der Waals surface area contributed by atoms with E-state index in [1.165, 1.54) is 14.2 Å². The summed E-state index contributed by atoms with van der Waals surface area (Å²) in [6.07, 6.45) is 1.17. The van der Waals surface area contributed by atoms with E-state index in [2.05, 4.69) is 9.47 Å². The fourth-order valence-corrected chi connectivity index (χ4v) is 3.08. The monoisotopic (exact) mass is 414 g/mol. The van der Waals surface area contributed by atoms with E-state index in [0.29, 0.717) is 29.8 Å². The van der Waals surface area contributed by atoms with E-state index in [1.807, 2.05) is 32.9 Å². The van der Waals surface area contributed by atoms with Gasteiger partial charge in [0.25, 0.3) is 0 Å². The van der Waals surface area contributed by atoms with Crippen LogP contribution in [0.4, 0.5) is 0 Å². The lowest BCUT2D eigenvalue weighted by Gasteiger charge is -2.18. The van der Waals surface area contributed by atoms with Crippen molar-refractivity contribution in [3.8, 4) is 11.5 Å². The molecule has 0 bridgehead atoms. The van der Waals surface area contributed by atoms with E-state index >= 15 is 0 Å². The quantitative estimate of drug-likeness (QED) is 0.460. The maximum atomic E-state index is 11.5. The van der Waals surface area contributed by atoms with Gasteiger partial charge in [-0.15, -0.1) is 0 Å². The van der Waals surface area contributed by atoms with Crippen molar-refractivity contribution in [2.45, 2.75) is 27.2 Å². The second-order valence-corrected chi connectivity index (χ2v) is 6.84. The van der Waals surface area contributed by atoms with Gasteiger partial charge in [-0.05, 0) is 55.2 Å². The van der Waals surface area contributed by atoms with Gasteiger partial charge >= 0.3 is 11.9 Å². The Morgan fingerprint density at radius 1 is 0.900 bits per heavy atom. The zero-order valence-corrected chi connectivity index (χ0v) is 17.9. The topological polar surface area (TPSA) is 88.1 Å². The predicted octanol–water partition coefficient (Wildman–Crippen LogP) is 3.12. The van der Waals surface area contributed by atoms with Crippen molar-refractivity contribution in [3.63, 3.8) is 0 Å². The summed E-state index contributed by atoms with van der Waals surface area (Å²) in [6.45, 7) is 5.45. The predicted molar refractivity (Wildman–Crippen MR) is 110 cm³/mol. The molecule has 0 aliphatic rings. The van der Waals surface area contributed by atoms with Gasteiger partial charge in [-0.1, -0.05) is 12.1 Å². The van der Waals surface area contributed by atoms with Crippen LogP contribution in [0.3, 0.4) is 0 Å². The van der Waals surface area contributed by atoms with Gasteiger partial charge in [-0.2, -0.15) is 0 Å². The van der Waals surface area contributed by atoms with Crippen LogP contribution in [0, 0.1) is 20.8 Å². The second-order valence-electron chi connectivity index (χ2n) is 6.84. The van der Waals surface area contributed by atoms with Crippen LogP contribution in [0.5, 0.6) is 11.5 Å². The van der Waals surface area contributed by atoms with Crippen molar-refractivity contribution < 1.29 is 33.3 Å². The molecule has 0 aliphatic heterocycles. The van der Waals surface area contributed by atoms with Gasteiger partial charge in [0, 0.05) is 12.0 Å². The number of rotatable bonds is 9. The van der Waals surface area contributed by atoms with Crippen LogP contribution < -0.4 is 9.47 Å². The van der Waals surface area contributed by atoms with Gasteiger partial charge in [0.2, 0.25) is 0 Å². The molecule has 0 aromatic heterocycles. The Kier molecular flexibility index (Phi) is 7.98. The first-order chi connectivity index (χ1) is 14.3. The third kappa shape index (κ3) is 5.59. The van der Waals surface area contributed by atoms with Crippen LogP contribution in [0.15, 0.2) is 24.3 Å². The maximum absolute atomic E-state index is 11.5. The first-order valence-electron chi connectivity index (χ1n) is 9.37. The Hall–Kier alpha value is -3.35. The lowest BCUT2D eigenvalue weighted by molar-refractivity contribution is -0.143. The standard InChI is InChI=1S/C23H26O7/c1-14-8-15(2)23(30-13-22(26)28-5)19(16(14)3)10-17-6-7-20(18(9-17)11-24)29-12-21(25)27-4/h6-9,11H,10,12-13H2,1-5H3. The lowest BCUT2D eigenvalue weighted by atomic mass is 9.93. The first-order valence-corrected chi connectivity index (χ1v) is 9.37. The number of aryl methyl sites for hydroxylation is 2. The van der Waals surface area contributed by atoms with Crippen LogP contribution >= 0.6 is 0 Å². The Bertz CT molecular complexity index is 947. The summed E-state index contributed by atoms with van der Waals surface area (Å²) >= 11 is 0. The van der Waals surface area contributed by atoms with Crippen molar-refractivity contribution in [2.75, 3.05) is 27.4 Å². The minimum Gasteiger partial charge on any atom is -0.481 e. The number of esters is 2. The maximum Gasteiger partial charge on any atom is 0.343 e. The van der Waals surface area contributed by atoms with Gasteiger partial charge in [0.1, 0.15) is 11.5 Å². The van der Waals surface area contributed by atoms with Crippen molar-refractivity contribution in [1.82, 2.24) is 0 Å². The summed E-state index contributed by atoms with van der Waals surface area (Å²) < 4.78 is 20.3. The molecular weight excluding hydrogens is 388 g/mol. The zero-order chi connectivity index (χ0) is 22.3. The number of benzene rings is 2. The van der Waals surface area contributed by atoms with Crippen molar-refractivity contribution >= 4 is 18.2 Å². The normalized spacial score (nSPS) is 10.3. The summed E-state index contributed by atoms with van der Waals surface area (Å²) in [7, 11) is 2.58. The lowest BCUT2D eigenvalue weighted by Crippen LogP contribution is -2.15. The smallest absolute Gasteiger partial charge is 0.343 e. The molecule has 0 radical (unpaired) electrons. The average molecular weight is 414 g/mol. The molecule has 0 spiro atoms. The van der Waals surface area contributed by atoms with Crippen molar-refractivity contribution in [2.24, 2.45) is 0 Å². The SMILES string of the molecule is COC(=O)COc1ccc(Cc2c(C)c(C)cc(C)c2OCC(=O)OC)cc1C=O. The molecule has 0 unspecified atom stereocenters. The average Bonchev–Trinajstić information content (AvgIpc) is 2.75. The Morgan fingerprint density at radius 3 is 2.13 bits per heavy atom. The molecule has 0 amide bonds. The summed E-state index contributed by atoms with van der Waals surface area (Å²) in [5.74, 6) is -0.0660. The van der Waals surface area contributed by atoms with E-state index in [0.717, 1.165) is 27.8 Å². The molecule has 0 heterocycles. The molecular formula is C23H26O7. The Balaban J connectivity index is 2.35. The number of hydrogen-bond donors (Lipinski definition) is 0. The van der Waals surface area contributed by atoms with Crippen LogP contribution in [0.25, 0.3) is 0 Å². The fourth-order valence-electron chi connectivity index (χ4n) is 3.08. The number of ether oxygens (including phenoxy) is 4. The molecule has 0 saturated heterocycles. The number of carbonyl (C=O) groups excluding carboxylic acids is 3. The van der Waals surface area contributed by atoms with Crippen LogP contribution in [-0.2, 0) is 25.5 Å². The largest absolute Gasteiger partial charge is 0.481 e. The molecule has 0 atom stereocenters.